The number of unbranched alkanes of at least 4 members (excludes halogenated alkanes) is 20. The van der Waals surface area contributed by atoms with Crippen LogP contribution in [0.3, 0.4) is 0 Å². The molecule has 0 fully saturated rings. The number of allylic oxidation sites excluding steroid dienone is 14. The second-order valence-electron chi connectivity index (χ2n) is 17.5. The van der Waals surface area contributed by atoms with Crippen molar-refractivity contribution in [3.05, 3.63) is 85.1 Å². The molecule has 63 heavy (non-hydrogen) atoms. The lowest BCUT2D eigenvalue weighted by Gasteiger charge is -2.24. The molecular weight excluding hydrogens is 779 g/mol. The van der Waals surface area contributed by atoms with E-state index in [0.29, 0.717) is 19.3 Å². The van der Waals surface area contributed by atoms with Gasteiger partial charge in [-0.2, -0.15) is 0 Å². The minimum atomic E-state index is -0.807. The maximum atomic E-state index is 13.2. The summed E-state index contributed by atoms with van der Waals surface area (Å²) in [5, 5.41) is 23.7. The molecule has 0 bridgehead atoms. The van der Waals surface area contributed by atoms with Gasteiger partial charge in [-0.3, -0.25) is 9.59 Å². The first kappa shape index (κ1) is 60.0. The maximum Gasteiger partial charge on any atom is 0.306 e. The van der Waals surface area contributed by atoms with Crippen molar-refractivity contribution in [1.29, 1.82) is 0 Å². The smallest absolute Gasteiger partial charge is 0.306 e. The van der Waals surface area contributed by atoms with Crippen molar-refractivity contribution >= 4 is 11.9 Å². The quantitative estimate of drug-likeness (QED) is 0.0322. The summed E-state index contributed by atoms with van der Waals surface area (Å²) in [6.45, 7) is 6.32. The number of nitrogens with one attached hydrogen (secondary N) is 1. The highest BCUT2D eigenvalue weighted by Crippen LogP contribution is 2.17. The number of amides is 1. The number of rotatable bonds is 46. The van der Waals surface area contributed by atoms with Crippen molar-refractivity contribution in [3.63, 3.8) is 0 Å². The Morgan fingerprint density at radius 3 is 1.33 bits per heavy atom. The Kier molecular flexibility index (Phi) is 47.7. The SMILES string of the molecule is CC/C=C/C/C=C/C/C=C/CCCCC(CC(=O)NC(CO)C(O)CCCCCCCCCCCCCCC)OC(=O)CCCCC/C=C\C/C=C\C/C=C\C/C=C\CCCCC. The van der Waals surface area contributed by atoms with Crippen LogP contribution in [0.4, 0.5) is 0 Å². The van der Waals surface area contributed by atoms with Gasteiger partial charge in [0.1, 0.15) is 6.10 Å². The predicted molar refractivity (Wildman–Crippen MR) is 273 cm³/mol. The van der Waals surface area contributed by atoms with E-state index in [4.69, 9.17) is 4.74 Å². The molecule has 0 rings (SSSR count). The van der Waals surface area contributed by atoms with E-state index in [1.165, 1.54) is 89.9 Å². The van der Waals surface area contributed by atoms with Gasteiger partial charge in [-0.05, 0) is 103 Å². The molecule has 1 amide bonds. The highest BCUT2D eigenvalue weighted by Gasteiger charge is 2.24. The second kappa shape index (κ2) is 50.0. The molecule has 0 heterocycles. The highest BCUT2D eigenvalue weighted by atomic mass is 16.5. The van der Waals surface area contributed by atoms with Crippen LogP contribution in [-0.4, -0.2) is 46.9 Å². The van der Waals surface area contributed by atoms with Gasteiger partial charge in [0.05, 0.1) is 25.2 Å². The molecule has 6 heteroatoms. The summed E-state index contributed by atoms with van der Waals surface area (Å²) in [5.41, 5.74) is 0. The van der Waals surface area contributed by atoms with Gasteiger partial charge in [0.15, 0.2) is 0 Å². The number of ether oxygens (including phenoxy) is 1. The van der Waals surface area contributed by atoms with Crippen LogP contribution in [0.5, 0.6) is 0 Å². The van der Waals surface area contributed by atoms with Crippen molar-refractivity contribution < 1.29 is 24.5 Å². The molecular formula is C57H99NO5. The van der Waals surface area contributed by atoms with Gasteiger partial charge in [0.2, 0.25) is 5.91 Å². The van der Waals surface area contributed by atoms with Gasteiger partial charge in [-0.25, -0.2) is 0 Å². The predicted octanol–water partition coefficient (Wildman–Crippen LogP) is 16.0. The molecule has 0 saturated carbocycles. The topological polar surface area (TPSA) is 95.9 Å². The van der Waals surface area contributed by atoms with Crippen LogP contribution in [-0.2, 0) is 14.3 Å². The summed E-state index contributed by atoms with van der Waals surface area (Å²) in [4.78, 5) is 26.1. The lowest BCUT2D eigenvalue weighted by molar-refractivity contribution is -0.151. The van der Waals surface area contributed by atoms with Crippen molar-refractivity contribution in [3.8, 4) is 0 Å². The first-order valence-electron chi connectivity index (χ1n) is 26.3. The summed E-state index contributed by atoms with van der Waals surface area (Å²) in [7, 11) is 0. The molecule has 0 aliphatic heterocycles. The molecule has 0 aromatic rings. The average molecular weight is 878 g/mol. The molecule has 0 radical (unpaired) electrons. The summed E-state index contributed by atoms with van der Waals surface area (Å²) in [6, 6.07) is -0.724. The van der Waals surface area contributed by atoms with Crippen molar-refractivity contribution in [1.82, 2.24) is 5.32 Å². The molecule has 6 nitrogen and oxygen atoms in total. The molecule has 0 saturated heterocycles. The van der Waals surface area contributed by atoms with E-state index in [1.807, 2.05) is 0 Å². The van der Waals surface area contributed by atoms with Crippen LogP contribution >= 0.6 is 0 Å². The van der Waals surface area contributed by atoms with Crippen molar-refractivity contribution in [2.75, 3.05) is 6.61 Å². The Morgan fingerprint density at radius 1 is 0.476 bits per heavy atom. The number of aliphatic hydroxyl groups is 2. The van der Waals surface area contributed by atoms with Gasteiger partial charge >= 0.3 is 5.97 Å². The Morgan fingerprint density at radius 2 is 0.857 bits per heavy atom. The Bertz CT molecular complexity index is 1210. The van der Waals surface area contributed by atoms with E-state index in [1.54, 1.807) is 0 Å². The van der Waals surface area contributed by atoms with E-state index in [9.17, 15) is 19.8 Å². The van der Waals surface area contributed by atoms with E-state index in [2.05, 4.69) is 111 Å². The molecule has 0 spiro atoms. The van der Waals surface area contributed by atoms with Crippen molar-refractivity contribution in [2.24, 2.45) is 0 Å². The number of carbonyl (C=O) groups excluding carboxylic acids is 2. The van der Waals surface area contributed by atoms with E-state index < -0.39 is 18.2 Å². The zero-order chi connectivity index (χ0) is 45.9. The van der Waals surface area contributed by atoms with E-state index in [0.717, 1.165) is 103 Å². The van der Waals surface area contributed by atoms with Crippen LogP contribution in [0.1, 0.15) is 239 Å². The van der Waals surface area contributed by atoms with Gasteiger partial charge in [-0.1, -0.05) is 209 Å². The fraction of sp³-hybridized carbons (Fsp3) is 0.719. The van der Waals surface area contributed by atoms with Gasteiger partial charge in [0.25, 0.3) is 0 Å². The molecule has 0 aliphatic carbocycles. The van der Waals surface area contributed by atoms with Gasteiger partial charge in [0, 0.05) is 6.42 Å². The molecule has 362 valence electrons. The lowest BCUT2D eigenvalue weighted by atomic mass is 10.0. The van der Waals surface area contributed by atoms with E-state index in [-0.39, 0.29) is 24.9 Å². The largest absolute Gasteiger partial charge is 0.462 e. The molecule has 0 aliphatic rings. The number of aliphatic hydroxyl groups excluding tert-OH is 2. The van der Waals surface area contributed by atoms with Crippen LogP contribution in [0, 0.1) is 0 Å². The minimum absolute atomic E-state index is 0.0346. The third kappa shape index (κ3) is 45.4. The van der Waals surface area contributed by atoms with Gasteiger partial charge in [-0.15, -0.1) is 0 Å². The fourth-order valence-electron chi connectivity index (χ4n) is 7.49. The first-order chi connectivity index (χ1) is 31.0. The number of hydrogen-bond acceptors (Lipinski definition) is 5. The summed E-state index contributed by atoms with van der Waals surface area (Å²) in [5.74, 6) is -0.553. The second-order valence-corrected chi connectivity index (χ2v) is 17.5. The third-order valence-corrected chi connectivity index (χ3v) is 11.5. The van der Waals surface area contributed by atoms with E-state index >= 15 is 0 Å². The molecule has 0 aromatic heterocycles. The van der Waals surface area contributed by atoms with Crippen LogP contribution in [0.25, 0.3) is 0 Å². The average Bonchev–Trinajstić information content (AvgIpc) is 3.28. The standard InChI is InChI=1S/C57H99NO5/c1-4-7-10-13-16-19-22-25-26-27-28-29-30-32-35-38-41-44-47-50-57(62)63-53(48-45-42-39-36-33-24-21-18-15-12-9-6-3)51-56(61)58-54(52-59)55(60)49-46-43-40-37-34-31-23-20-17-14-11-8-5-2/h9,12,16,18-19,21,25-26,28-29,32-33,35-36,53-55,59-60H,4-8,10-11,13-15,17,20,22-24,27,30-31,34,37-52H2,1-3H3,(H,58,61)/b12-9+,19-16-,21-18+,26-25-,29-28-,35-32-,36-33+. The summed E-state index contributed by atoms with van der Waals surface area (Å²) < 4.78 is 5.90. The number of carbonyl (C=O) groups is 2. The Balaban J connectivity index is 4.65. The molecule has 3 N–H and O–H groups in total. The zero-order valence-corrected chi connectivity index (χ0v) is 41.2. The first-order valence-corrected chi connectivity index (χ1v) is 26.3. The zero-order valence-electron chi connectivity index (χ0n) is 41.2. The van der Waals surface area contributed by atoms with Crippen LogP contribution < -0.4 is 5.32 Å². The van der Waals surface area contributed by atoms with Gasteiger partial charge < -0.3 is 20.3 Å². The lowest BCUT2D eigenvalue weighted by Crippen LogP contribution is -2.46. The minimum Gasteiger partial charge on any atom is -0.462 e. The molecule has 3 unspecified atom stereocenters. The summed E-state index contributed by atoms with van der Waals surface area (Å²) >= 11 is 0. The highest BCUT2D eigenvalue weighted by molar-refractivity contribution is 5.77. The number of hydrogen-bond donors (Lipinski definition) is 3. The van der Waals surface area contributed by atoms with Crippen LogP contribution in [0.2, 0.25) is 0 Å². The molecule has 3 atom stereocenters. The Hall–Kier alpha value is -2.96. The van der Waals surface area contributed by atoms with Crippen LogP contribution in [0.15, 0.2) is 85.1 Å². The molecule has 0 aromatic carbocycles. The van der Waals surface area contributed by atoms with Crippen molar-refractivity contribution in [2.45, 2.75) is 257 Å². The number of esters is 1. The Labute approximate surface area is 389 Å². The monoisotopic (exact) mass is 878 g/mol. The fourth-order valence-corrected chi connectivity index (χ4v) is 7.49. The normalized spacial score (nSPS) is 13.9. The third-order valence-electron chi connectivity index (χ3n) is 11.5. The summed E-state index contributed by atoms with van der Waals surface area (Å²) in [6.07, 6.45) is 65.0. The maximum absolute atomic E-state index is 13.2.